The highest BCUT2D eigenvalue weighted by Gasteiger charge is 2.15. The van der Waals surface area contributed by atoms with Gasteiger partial charge in [0.2, 0.25) is 0 Å². The third-order valence-electron chi connectivity index (χ3n) is 2.87. The minimum atomic E-state index is -0.481. The predicted octanol–water partition coefficient (Wildman–Crippen LogP) is 4.87. The van der Waals surface area contributed by atoms with Gasteiger partial charge in [0.1, 0.15) is 5.82 Å². The summed E-state index contributed by atoms with van der Waals surface area (Å²) < 4.78 is 13.9. The molecule has 0 N–H and O–H groups in total. The van der Waals surface area contributed by atoms with Crippen LogP contribution in [0, 0.1) is 12.7 Å². The number of rotatable bonds is 3. The molecule has 0 aliphatic carbocycles. The first kappa shape index (κ1) is 14.0. The second-order valence-electron chi connectivity index (χ2n) is 4.25. The van der Waals surface area contributed by atoms with Crippen LogP contribution in [0.3, 0.4) is 0 Å². The van der Waals surface area contributed by atoms with Gasteiger partial charge in [-0.25, -0.2) is 4.39 Å². The number of carbonyl (C=O) groups is 1. The fraction of sp³-hybridized carbons (Fsp3) is 0.133. The molecule has 0 unspecified atom stereocenters. The van der Waals surface area contributed by atoms with Crippen molar-refractivity contribution in [2.24, 2.45) is 0 Å². The van der Waals surface area contributed by atoms with Crippen molar-refractivity contribution in [3.63, 3.8) is 0 Å². The smallest absolute Gasteiger partial charge is 0.170 e. The van der Waals surface area contributed by atoms with E-state index in [9.17, 15) is 9.18 Å². The zero-order chi connectivity index (χ0) is 14.0. The first-order chi connectivity index (χ1) is 9.00. The SMILES string of the molecule is Cc1cccc(C(=O)Cc2cccc(Cl)c2Cl)c1F. The second-order valence-corrected chi connectivity index (χ2v) is 5.03. The van der Waals surface area contributed by atoms with Crippen molar-refractivity contribution in [2.45, 2.75) is 13.3 Å². The highest BCUT2D eigenvalue weighted by Crippen LogP contribution is 2.27. The van der Waals surface area contributed by atoms with Crippen LogP contribution in [0.1, 0.15) is 21.5 Å². The van der Waals surface area contributed by atoms with Crippen LogP contribution in [0.4, 0.5) is 4.39 Å². The molecule has 4 heteroatoms. The fourth-order valence-electron chi connectivity index (χ4n) is 1.82. The maximum atomic E-state index is 13.9. The van der Waals surface area contributed by atoms with E-state index in [0.29, 0.717) is 21.2 Å². The van der Waals surface area contributed by atoms with E-state index < -0.39 is 5.82 Å². The topological polar surface area (TPSA) is 17.1 Å². The molecule has 0 radical (unpaired) electrons. The number of aryl methyl sites for hydroxylation is 1. The Morgan fingerprint density at radius 1 is 1.16 bits per heavy atom. The zero-order valence-corrected chi connectivity index (χ0v) is 11.7. The number of ketones is 1. The van der Waals surface area contributed by atoms with Gasteiger partial charge in [-0.15, -0.1) is 0 Å². The van der Waals surface area contributed by atoms with Crippen LogP contribution in [0.25, 0.3) is 0 Å². The average molecular weight is 297 g/mol. The van der Waals surface area contributed by atoms with Crippen molar-refractivity contribution < 1.29 is 9.18 Å². The summed E-state index contributed by atoms with van der Waals surface area (Å²) in [5.41, 5.74) is 1.12. The van der Waals surface area contributed by atoms with Gasteiger partial charge in [0, 0.05) is 6.42 Å². The molecule has 0 atom stereocenters. The van der Waals surface area contributed by atoms with E-state index in [4.69, 9.17) is 23.2 Å². The van der Waals surface area contributed by atoms with Crippen LogP contribution in [0.2, 0.25) is 10.0 Å². The highest BCUT2D eigenvalue weighted by atomic mass is 35.5. The quantitative estimate of drug-likeness (QED) is 0.739. The molecule has 2 aromatic rings. The fourth-order valence-corrected chi connectivity index (χ4v) is 2.20. The molecule has 0 fully saturated rings. The lowest BCUT2D eigenvalue weighted by Crippen LogP contribution is -2.07. The van der Waals surface area contributed by atoms with E-state index in [2.05, 4.69) is 0 Å². The Balaban J connectivity index is 2.31. The molecule has 0 bridgehead atoms. The van der Waals surface area contributed by atoms with Gasteiger partial charge < -0.3 is 0 Å². The van der Waals surface area contributed by atoms with E-state index in [1.54, 1.807) is 37.3 Å². The third kappa shape index (κ3) is 2.96. The Bertz CT molecular complexity index is 638. The summed E-state index contributed by atoms with van der Waals surface area (Å²) in [5.74, 6) is -0.795. The number of hydrogen-bond donors (Lipinski definition) is 0. The van der Waals surface area contributed by atoms with Gasteiger partial charge >= 0.3 is 0 Å². The van der Waals surface area contributed by atoms with E-state index in [1.807, 2.05) is 0 Å². The molecule has 0 saturated heterocycles. The van der Waals surface area contributed by atoms with Crippen LogP contribution in [-0.4, -0.2) is 5.78 Å². The Morgan fingerprint density at radius 2 is 1.84 bits per heavy atom. The van der Waals surface area contributed by atoms with E-state index in [1.165, 1.54) is 6.07 Å². The van der Waals surface area contributed by atoms with Gasteiger partial charge in [-0.3, -0.25) is 4.79 Å². The molecule has 0 amide bonds. The van der Waals surface area contributed by atoms with Gasteiger partial charge in [0.15, 0.2) is 5.78 Å². The lowest BCUT2D eigenvalue weighted by atomic mass is 10.0. The normalized spacial score (nSPS) is 10.5. The molecular formula is C15H11Cl2FO. The van der Waals surface area contributed by atoms with Crippen LogP contribution >= 0.6 is 23.2 Å². The van der Waals surface area contributed by atoms with Crippen LogP contribution in [-0.2, 0) is 6.42 Å². The first-order valence-electron chi connectivity index (χ1n) is 5.72. The van der Waals surface area contributed by atoms with Gasteiger partial charge in [0.25, 0.3) is 0 Å². The minimum absolute atomic E-state index is 0.0275. The van der Waals surface area contributed by atoms with Crippen LogP contribution < -0.4 is 0 Å². The monoisotopic (exact) mass is 296 g/mol. The summed E-state index contributed by atoms with van der Waals surface area (Å²) in [6.45, 7) is 1.62. The summed E-state index contributed by atoms with van der Waals surface area (Å²) in [6.07, 6.45) is 0.0275. The minimum Gasteiger partial charge on any atom is -0.294 e. The molecule has 0 heterocycles. The Kier molecular flexibility index (Phi) is 4.23. The van der Waals surface area contributed by atoms with E-state index in [0.717, 1.165) is 0 Å². The lowest BCUT2D eigenvalue weighted by Gasteiger charge is -2.07. The average Bonchev–Trinajstić information content (AvgIpc) is 2.38. The standard InChI is InChI=1S/C15H11Cl2FO/c1-9-4-2-6-11(15(9)18)13(19)8-10-5-3-7-12(16)14(10)17/h2-7H,8H2,1H3. The number of Topliss-reactive ketones (excluding diaryl/α,β-unsaturated/α-hetero) is 1. The summed E-state index contributed by atoms with van der Waals surface area (Å²) >= 11 is 11.9. The number of carbonyl (C=O) groups excluding carboxylic acids is 1. The summed E-state index contributed by atoms with van der Waals surface area (Å²) in [7, 11) is 0. The third-order valence-corrected chi connectivity index (χ3v) is 3.73. The molecule has 0 aliphatic heterocycles. The largest absolute Gasteiger partial charge is 0.294 e. The van der Waals surface area contributed by atoms with E-state index >= 15 is 0 Å². The molecule has 19 heavy (non-hydrogen) atoms. The molecule has 0 spiro atoms. The van der Waals surface area contributed by atoms with Crippen molar-refractivity contribution in [1.29, 1.82) is 0 Å². The molecule has 2 rings (SSSR count). The maximum absolute atomic E-state index is 13.9. The van der Waals surface area contributed by atoms with Gasteiger partial charge in [0.05, 0.1) is 15.6 Å². The zero-order valence-electron chi connectivity index (χ0n) is 10.2. The molecule has 0 saturated carbocycles. The van der Waals surface area contributed by atoms with Gasteiger partial charge in [-0.05, 0) is 30.2 Å². The number of benzene rings is 2. The number of halogens is 3. The Hall–Kier alpha value is -1.38. The molecule has 0 aliphatic rings. The summed E-state index contributed by atoms with van der Waals surface area (Å²) in [6, 6.07) is 9.82. The van der Waals surface area contributed by atoms with Crippen molar-refractivity contribution in [1.82, 2.24) is 0 Å². The highest BCUT2D eigenvalue weighted by molar-refractivity contribution is 6.42. The van der Waals surface area contributed by atoms with Gasteiger partial charge in [-0.1, -0.05) is 47.5 Å². The van der Waals surface area contributed by atoms with Crippen molar-refractivity contribution in [2.75, 3.05) is 0 Å². The molecule has 0 aromatic heterocycles. The van der Waals surface area contributed by atoms with Crippen molar-refractivity contribution in [3.8, 4) is 0 Å². The molecule has 98 valence electrons. The van der Waals surface area contributed by atoms with E-state index in [-0.39, 0.29) is 17.8 Å². The summed E-state index contributed by atoms with van der Waals surface area (Å²) in [5, 5.41) is 0.724. The number of hydrogen-bond acceptors (Lipinski definition) is 1. The van der Waals surface area contributed by atoms with Crippen LogP contribution in [0.15, 0.2) is 36.4 Å². The maximum Gasteiger partial charge on any atom is 0.170 e. The molecular weight excluding hydrogens is 286 g/mol. The van der Waals surface area contributed by atoms with Gasteiger partial charge in [-0.2, -0.15) is 0 Å². The summed E-state index contributed by atoms with van der Waals surface area (Å²) in [4.78, 5) is 12.1. The Labute approximate surface area is 121 Å². The molecule has 1 nitrogen and oxygen atoms in total. The van der Waals surface area contributed by atoms with Crippen LogP contribution in [0.5, 0.6) is 0 Å². The predicted molar refractivity (Wildman–Crippen MR) is 75.6 cm³/mol. The Morgan fingerprint density at radius 3 is 2.58 bits per heavy atom. The molecule has 2 aromatic carbocycles. The van der Waals surface area contributed by atoms with Crippen molar-refractivity contribution >= 4 is 29.0 Å². The first-order valence-corrected chi connectivity index (χ1v) is 6.47. The lowest BCUT2D eigenvalue weighted by molar-refractivity contribution is 0.0989. The van der Waals surface area contributed by atoms with Crippen molar-refractivity contribution in [3.05, 3.63) is 69.0 Å². The second kappa shape index (κ2) is 5.72.